The number of carbonyl (C=O) groups excluding carboxylic acids is 1. The van der Waals surface area contributed by atoms with E-state index in [0.717, 1.165) is 6.26 Å². The molecule has 0 saturated heterocycles. The highest BCUT2D eigenvalue weighted by Gasteiger charge is 2.17. The van der Waals surface area contributed by atoms with E-state index in [2.05, 4.69) is 0 Å². The van der Waals surface area contributed by atoms with Crippen molar-refractivity contribution in [3.05, 3.63) is 0 Å². The predicted octanol–water partition coefficient (Wildman–Crippen LogP) is 0.135. The van der Waals surface area contributed by atoms with Gasteiger partial charge in [0.2, 0.25) is 6.41 Å². The van der Waals surface area contributed by atoms with E-state index in [0.29, 0.717) is 10.9 Å². The van der Waals surface area contributed by atoms with Crippen LogP contribution in [0.2, 0.25) is 0 Å². The lowest BCUT2D eigenvalue weighted by Crippen LogP contribution is -2.32. The van der Waals surface area contributed by atoms with E-state index in [1.165, 1.54) is 0 Å². The van der Waals surface area contributed by atoms with Crippen LogP contribution < -0.4 is 0 Å². The molecule has 0 aromatic rings. The third-order valence-corrected chi connectivity index (χ3v) is 2.10. The number of rotatable bonds is 5. The van der Waals surface area contributed by atoms with Gasteiger partial charge < -0.3 is 0 Å². The van der Waals surface area contributed by atoms with Crippen LogP contribution in [0.3, 0.4) is 0 Å². The van der Waals surface area contributed by atoms with Crippen LogP contribution in [0.4, 0.5) is 0 Å². The van der Waals surface area contributed by atoms with Gasteiger partial charge in [0.05, 0.1) is 12.4 Å². The Kier molecular flexibility index (Phi) is 4.19. The van der Waals surface area contributed by atoms with Crippen molar-refractivity contribution < 1.29 is 18.0 Å². The number of carbonyl (C=O) groups is 1. The molecule has 0 aromatic carbocycles. The molecule has 0 heterocycles. The first-order valence-corrected chi connectivity index (χ1v) is 5.38. The fourth-order valence-corrected chi connectivity index (χ4v) is 0.893. The number of amides is 1. The van der Waals surface area contributed by atoms with Crippen LogP contribution >= 0.6 is 0 Å². The zero-order valence-corrected chi connectivity index (χ0v) is 8.17. The van der Waals surface area contributed by atoms with Crippen LogP contribution in [0.15, 0.2) is 0 Å². The maximum absolute atomic E-state index is 10.8. The maximum Gasteiger partial charge on any atom is 0.257 e. The van der Waals surface area contributed by atoms with Crippen LogP contribution in [0.25, 0.3) is 0 Å². The largest absolute Gasteiger partial charge is 0.275 e. The monoisotopic (exact) mass is 195 g/mol. The summed E-state index contributed by atoms with van der Waals surface area (Å²) in [5.41, 5.74) is 0. The molecule has 12 heavy (non-hydrogen) atoms. The number of hydroxylamine groups is 1. The number of hydrogen-bond donors (Lipinski definition) is 0. The van der Waals surface area contributed by atoms with Crippen molar-refractivity contribution in [2.24, 2.45) is 0 Å². The minimum Gasteiger partial charge on any atom is -0.275 e. The molecular formula is C6H13NO4S. The van der Waals surface area contributed by atoms with Crippen molar-refractivity contribution >= 4 is 16.4 Å². The zero-order valence-electron chi connectivity index (χ0n) is 7.35. The molecule has 0 spiro atoms. The molecule has 0 aliphatic rings. The number of sulfonamides is 1. The first-order valence-electron chi connectivity index (χ1n) is 3.53. The average Bonchev–Trinajstić information content (AvgIpc) is 1.97. The summed E-state index contributed by atoms with van der Waals surface area (Å²) in [5.74, 6) is 0. The van der Waals surface area contributed by atoms with Gasteiger partial charge in [-0.3, -0.25) is 9.63 Å². The standard InChI is InChI=1S/C6H13NO4S/c1-4-6(2)11-7(5-8)12(3,9)10/h5-6H,4H2,1-3H3. The molecule has 0 N–H and O–H groups in total. The lowest BCUT2D eigenvalue weighted by Gasteiger charge is -2.17. The SMILES string of the molecule is CCC(C)ON(C=O)S(C)(=O)=O. The third kappa shape index (κ3) is 3.68. The predicted molar refractivity (Wildman–Crippen MR) is 43.6 cm³/mol. The molecule has 0 radical (unpaired) electrons. The Labute approximate surface area is 72.3 Å². The molecule has 0 fully saturated rings. The van der Waals surface area contributed by atoms with Crippen molar-refractivity contribution in [1.82, 2.24) is 4.47 Å². The lowest BCUT2D eigenvalue weighted by atomic mass is 10.3. The van der Waals surface area contributed by atoms with Crippen molar-refractivity contribution in [1.29, 1.82) is 0 Å². The Morgan fingerprint density at radius 3 is 2.33 bits per heavy atom. The van der Waals surface area contributed by atoms with Crippen molar-refractivity contribution in [2.45, 2.75) is 26.4 Å². The van der Waals surface area contributed by atoms with Gasteiger partial charge in [-0.25, -0.2) is 8.42 Å². The molecule has 0 aliphatic heterocycles. The Balaban J connectivity index is 4.30. The van der Waals surface area contributed by atoms with Crippen molar-refractivity contribution in [3.8, 4) is 0 Å². The molecule has 0 aromatic heterocycles. The summed E-state index contributed by atoms with van der Waals surface area (Å²) in [5, 5.41) is 0. The first-order chi connectivity index (χ1) is 5.41. The van der Waals surface area contributed by atoms with Gasteiger partial charge in [-0.15, -0.1) is 4.47 Å². The van der Waals surface area contributed by atoms with E-state index < -0.39 is 10.0 Å². The first kappa shape index (κ1) is 11.4. The highest BCUT2D eigenvalue weighted by Crippen LogP contribution is 2.02. The highest BCUT2D eigenvalue weighted by atomic mass is 32.2. The van der Waals surface area contributed by atoms with Gasteiger partial charge in [-0.05, 0) is 13.3 Å². The molecule has 0 aliphatic carbocycles. The van der Waals surface area contributed by atoms with E-state index in [1.807, 2.05) is 6.92 Å². The van der Waals surface area contributed by atoms with Crippen LogP contribution in [0.1, 0.15) is 20.3 Å². The third-order valence-electron chi connectivity index (χ3n) is 1.27. The summed E-state index contributed by atoms with van der Waals surface area (Å²) < 4.78 is 21.9. The summed E-state index contributed by atoms with van der Waals surface area (Å²) in [6.45, 7) is 3.51. The fraction of sp³-hybridized carbons (Fsp3) is 0.833. The minimum atomic E-state index is -3.58. The summed E-state index contributed by atoms with van der Waals surface area (Å²) in [4.78, 5) is 15.0. The Morgan fingerprint density at radius 1 is 1.58 bits per heavy atom. The van der Waals surface area contributed by atoms with Crippen LogP contribution in [0.5, 0.6) is 0 Å². The van der Waals surface area contributed by atoms with Gasteiger partial charge >= 0.3 is 0 Å². The molecule has 1 unspecified atom stereocenters. The topological polar surface area (TPSA) is 63.7 Å². The Bertz CT molecular complexity index is 236. The van der Waals surface area contributed by atoms with Crippen LogP contribution in [0, 0.1) is 0 Å². The average molecular weight is 195 g/mol. The van der Waals surface area contributed by atoms with Gasteiger partial charge in [0.15, 0.2) is 0 Å². The van der Waals surface area contributed by atoms with Gasteiger partial charge in [0, 0.05) is 0 Å². The molecule has 0 bridgehead atoms. The Hall–Kier alpha value is -0.620. The normalized spacial score (nSPS) is 13.9. The lowest BCUT2D eigenvalue weighted by molar-refractivity contribution is -0.155. The summed E-state index contributed by atoms with van der Waals surface area (Å²) >= 11 is 0. The van der Waals surface area contributed by atoms with Gasteiger partial charge in [-0.2, -0.15) is 0 Å². The molecule has 1 atom stereocenters. The number of nitrogens with zero attached hydrogens (tertiary/aromatic N) is 1. The molecule has 72 valence electrons. The molecule has 0 rings (SSSR count). The summed E-state index contributed by atoms with van der Waals surface area (Å²) in [6, 6.07) is 0. The number of hydrogen-bond acceptors (Lipinski definition) is 4. The van der Waals surface area contributed by atoms with Crippen LogP contribution in [-0.4, -0.2) is 31.7 Å². The zero-order chi connectivity index (χ0) is 9.78. The van der Waals surface area contributed by atoms with Crippen molar-refractivity contribution in [3.63, 3.8) is 0 Å². The molecule has 6 heteroatoms. The highest BCUT2D eigenvalue weighted by molar-refractivity contribution is 7.88. The minimum absolute atomic E-state index is 0.140. The van der Waals surface area contributed by atoms with E-state index in [1.54, 1.807) is 6.92 Å². The second-order valence-electron chi connectivity index (χ2n) is 2.45. The molecule has 1 amide bonds. The second-order valence-corrected chi connectivity index (χ2v) is 4.27. The molecular weight excluding hydrogens is 182 g/mol. The van der Waals surface area contributed by atoms with Crippen molar-refractivity contribution in [2.75, 3.05) is 6.26 Å². The van der Waals surface area contributed by atoms with Gasteiger partial charge in [0.25, 0.3) is 10.0 Å². The summed E-state index contributed by atoms with van der Waals surface area (Å²) in [6.07, 6.45) is 1.40. The Morgan fingerprint density at radius 2 is 2.08 bits per heavy atom. The van der Waals surface area contributed by atoms with Gasteiger partial charge in [0.1, 0.15) is 0 Å². The molecule has 5 nitrogen and oxygen atoms in total. The van der Waals surface area contributed by atoms with E-state index in [-0.39, 0.29) is 12.5 Å². The van der Waals surface area contributed by atoms with E-state index in [9.17, 15) is 13.2 Å². The second kappa shape index (κ2) is 4.42. The summed E-state index contributed by atoms with van der Waals surface area (Å²) in [7, 11) is -3.58. The smallest absolute Gasteiger partial charge is 0.257 e. The van der Waals surface area contributed by atoms with Gasteiger partial charge in [-0.1, -0.05) is 6.92 Å². The van der Waals surface area contributed by atoms with E-state index in [4.69, 9.17) is 4.84 Å². The van der Waals surface area contributed by atoms with E-state index >= 15 is 0 Å². The quantitative estimate of drug-likeness (QED) is 0.462. The maximum atomic E-state index is 10.8. The molecule has 0 saturated carbocycles. The fourth-order valence-electron chi connectivity index (χ4n) is 0.433. The van der Waals surface area contributed by atoms with Crippen LogP contribution in [-0.2, 0) is 19.7 Å².